The van der Waals surface area contributed by atoms with E-state index in [1.165, 1.54) is 44.5 Å². The molecule has 0 spiro atoms. The van der Waals surface area contributed by atoms with E-state index in [9.17, 15) is 0 Å². The van der Waals surface area contributed by atoms with E-state index in [1.807, 2.05) is 6.07 Å². The van der Waals surface area contributed by atoms with Gasteiger partial charge in [0.05, 0.1) is 0 Å². The second-order valence-electron chi connectivity index (χ2n) is 5.72. The molecule has 2 fully saturated rings. The van der Waals surface area contributed by atoms with Crippen molar-refractivity contribution in [3.05, 3.63) is 33.3 Å². The molecule has 2 atom stereocenters. The lowest BCUT2D eigenvalue weighted by Gasteiger charge is -2.41. The number of benzene rings is 1. The number of fused-ring (bicyclic) bond motifs is 1. The standard InChI is InChI=1S/C15H20BrClN2/c16-13-4-3-11(14(17)8-13)9-19-7-5-15-12(10-19)2-1-6-18-15/h3-4,8,12,15,18H,1-2,5-7,9-10H2. The van der Waals surface area contributed by atoms with Crippen molar-refractivity contribution in [2.24, 2.45) is 5.92 Å². The second-order valence-corrected chi connectivity index (χ2v) is 7.05. The van der Waals surface area contributed by atoms with Crippen LogP contribution >= 0.6 is 27.5 Å². The van der Waals surface area contributed by atoms with Crippen molar-refractivity contribution >= 4 is 27.5 Å². The van der Waals surface area contributed by atoms with Gasteiger partial charge >= 0.3 is 0 Å². The van der Waals surface area contributed by atoms with E-state index < -0.39 is 0 Å². The molecule has 2 nitrogen and oxygen atoms in total. The molecule has 104 valence electrons. The van der Waals surface area contributed by atoms with Crippen molar-refractivity contribution in [3.63, 3.8) is 0 Å². The van der Waals surface area contributed by atoms with Gasteiger partial charge in [0.1, 0.15) is 0 Å². The first kappa shape index (κ1) is 13.9. The minimum atomic E-state index is 0.755. The van der Waals surface area contributed by atoms with Gasteiger partial charge in [-0.05, 0) is 56.0 Å². The smallest absolute Gasteiger partial charge is 0.0462 e. The first-order chi connectivity index (χ1) is 9.22. The molecule has 0 aromatic heterocycles. The normalized spacial score (nSPS) is 28.1. The SMILES string of the molecule is Clc1cc(Br)ccc1CN1CCC2NCCCC2C1. The summed E-state index contributed by atoms with van der Waals surface area (Å²) in [7, 11) is 0. The van der Waals surface area contributed by atoms with Gasteiger partial charge in [0, 0.05) is 28.6 Å². The molecule has 0 radical (unpaired) electrons. The van der Waals surface area contributed by atoms with Gasteiger partial charge in [-0.1, -0.05) is 33.6 Å². The van der Waals surface area contributed by atoms with Crippen LogP contribution < -0.4 is 5.32 Å². The van der Waals surface area contributed by atoms with Crippen molar-refractivity contribution in [1.29, 1.82) is 0 Å². The van der Waals surface area contributed by atoms with E-state index in [0.29, 0.717) is 0 Å². The number of likely N-dealkylation sites (tertiary alicyclic amines) is 1. The summed E-state index contributed by atoms with van der Waals surface area (Å²) in [5, 5.41) is 4.54. The molecule has 4 heteroatoms. The molecule has 0 amide bonds. The van der Waals surface area contributed by atoms with Crippen LogP contribution in [0.4, 0.5) is 0 Å². The van der Waals surface area contributed by atoms with Crippen molar-refractivity contribution in [2.45, 2.75) is 31.8 Å². The first-order valence-corrected chi connectivity index (χ1v) is 8.29. The lowest BCUT2D eigenvalue weighted by Crippen LogP contribution is -2.51. The fourth-order valence-corrected chi connectivity index (χ4v) is 4.09. The molecule has 2 aliphatic rings. The van der Waals surface area contributed by atoms with Gasteiger partial charge in [-0.2, -0.15) is 0 Å². The highest BCUT2D eigenvalue weighted by Crippen LogP contribution is 2.28. The Morgan fingerprint density at radius 2 is 2.26 bits per heavy atom. The number of nitrogens with zero attached hydrogens (tertiary/aromatic N) is 1. The van der Waals surface area contributed by atoms with Crippen LogP contribution in [0.3, 0.4) is 0 Å². The van der Waals surface area contributed by atoms with Gasteiger partial charge in [-0.25, -0.2) is 0 Å². The van der Waals surface area contributed by atoms with Crippen LogP contribution in [-0.4, -0.2) is 30.6 Å². The summed E-state index contributed by atoms with van der Waals surface area (Å²) in [5.74, 6) is 0.830. The Labute approximate surface area is 128 Å². The van der Waals surface area contributed by atoms with Crippen LogP contribution in [0.1, 0.15) is 24.8 Å². The van der Waals surface area contributed by atoms with E-state index in [4.69, 9.17) is 11.6 Å². The average molecular weight is 344 g/mol. The molecule has 1 N–H and O–H groups in total. The summed E-state index contributed by atoms with van der Waals surface area (Å²) >= 11 is 9.78. The number of hydrogen-bond acceptors (Lipinski definition) is 2. The van der Waals surface area contributed by atoms with Crippen molar-refractivity contribution in [1.82, 2.24) is 10.2 Å². The highest BCUT2D eigenvalue weighted by Gasteiger charge is 2.30. The van der Waals surface area contributed by atoms with Crippen molar-refractivity contribution in [2.75, 3.05) is 19.6 Å². The third-order valence-corrected chi connectivity index (χ3v) is 5.23. The van der Waals surface area contributed by atoms with Crippen molar-refractivity contribution < 1.29 is 0 Å². The summed E-state index contributed by atoms with van der Waals surface area (Å²) in [5.41, 5.74) is 1.24. The summed E-state index contributed by atoms with van der Waals surface area (Å²) in [6.07, 6.45) is 3.98. The lowest BCUT2D eigenvalue weighted by atomic mass is 9.85. The third-order valence-electron chi connectivity index (χ3n) is 4.39. The molecule has 3 rings (SSSR count). The van der Waals surface area contributed by atoms with E-state index in [-0.39, 0.29) is 0 Å². The minimum absolute atomic E-state index is 0.755. The number of halogens is 2. The maximum Gasteiger partial charge on any atom is 0.0462 e. The predicted octanol–water partition coefficient (Wildman–Crippen LogP) is 3.68. The predicted molar refractivity (Wildman–Crippen MR) is 83.6 cm³/mol. The zero-order chi connectivity index (χ0) is 13.2. The van der Waals surface area contributed by atoms with Gasteiger partial charge < -0.3 is 5.32 Å². The number of nitrogens with one attached hydrogen (secondary N) is 1. The Balaban J connectivity index is 1.64. The first-order valence-electron chi connectivity index (χ1n) is 7.12. The van der Waals surface area contributed by atoms with Gasteiger partial charge in [0.25, 0.3) is 0 Å². The molecular formula is C15H20BrClN2. The number of hydrogen-bond donors (Lipinski definition) is 1. The van der Waals surface area contributed by atoms with Gasteiger partial charge in [0.15, 0.2) is 0 Å². The van der Waals surface area contributed by atoms with Crippen LogP contribution in [0.2, 0.25) is 5.02 Å². The highest BCUT2D eigenvalue weighted by atomic mass is 79.9. The fourth-order valence-electron chi connectivity index (χ4n) is 3.35. The molecule has 0 aliphatic carbocycles. The van der Waals surface area contributed by atoms with Crippen molar-refractivity contribution in [3.8, 4) is 0 Å². The summed E-state index contributed by atoms with van der Waals surface area (Å²) in [6, 6.07) is 6.96. The average Bonchev–Trinajstić information content (AvgIpc) is 2.42. The molecule has 0 bridgehead atoms. The molecule has 2 unspecified atom stereocenters. The van der Waals surface area contributed by atoms with Crippen LogP contribution in [-0.2, 0) is 6.54 Å². The highest BCUT2D eigenvalue weighted by molar-refractivity contribution is 9.10. The van der Waals surface area contributed by atoms with E-state index in [2.05, 4.69) is 38.3 Å². The molecule has 19 heavy (non-hydrogen) atoms. The summed E-state index contributed by atoms with van der Waals surface area (Å²) < 4.78 is 1.05. The van der Waals surface area contributed by atoms with Gasteiger partial charge in [0.2, 0.25) is 0 Å². The third kappa shape index (κ3) is 3.33. The van der Waals surface area contributed by atoms with E-state index in [0.717, 1.165) is 28.0 Å². The molecule has 2 saturated heterocycles. The van der Waals surface area contributed by atoms with Gasteiger partial charge in [-0.15, -0.1) is 0 Å². The van der Waals surface area contributed by atoms with Gasteiger partial charge in [-0.3, -0.25) is 4.90 Å². The van der Waals surface area contributed by atoms with E-state index in [1.54, 1.807) is 0 Å². The minimum Gasteiger partial charge on any atom is -0.314 e. The van der Waals surface area contributed by atoms with E-state index >= 15 is 0 Å². The Kier molecular flexibility index (Phi) is 4.47. The second kappa shape index (κ2) is 6.13. The largest absolute Gasteiger partial charge is 0.314 e. The van der Waals surface area contributed by atoms with Crippen LogP contribution in [0, 0.1) is 5.92 Å². The molecule has 1 aromatic rings. The summed E-state index contributed by atoms with van der Waals surface area (Å²) in [4.78, 5) is 2.56. The summed E-state index contributed by atoms with van der Waals surface area (Å²) in [6.45, 7) is 4.58. The molecule has 1 aromatic carbocycles. The van der Waals surface area contributed by atoms with Crippen LogP contribution in [0.15, 0.2) is 22.7 Å². The lowest BCUT2D eigenvalue weighted by molar-refractivity contribution is 0.109. The maximum atomic E-state index is 6.32. The zero-order valence-electron chi connectivity index (χ0n) is 11.0. The van der Waals surface area contributed by atoms with Crippen LogP contribution in [0.5, 0.6) is 0 Å². The Hall–Kier alpha value is -0.0900. The monoisotopic (exact) mass is 342 g/mol. The maximum absolute atomic E-state index is 6.32. The van der Waals surface area contributed by atoms with Crippen LogP contribution in [0.25, 0.3) is 0 Å². The fraction of sp³-hybridized carbons (Fsp3) is 0.600. The molecule has 0 saturated carbocycles. The molecular weight excluding hydrogens is 324 g/mol. The Morgan fingerprint density at radius 3 is 3.11 bits per heavy atom. The number of rotatable bonds is 2. The molecule has 2 aliphatic heterocycles. The zero-order valence-corrected chi connectivity index (χ0v) is 13.4. The topological polar surface area (TPSA) is 15.3 Å². The Morgan fingerprint density at radius 1 is 1.37 bits per heavy atom. The number of piperidine rings is 2. The quantitative estimate of drug-likeness (QED) is 0.881. The Bertz CT molecular complexity index is 452. The molecule has 2 heterocycles.